The summed E-state index contributed by atoms with van der Waals surface area (Å²) >= 11 is 0. The average Bonchev–Trinajstić information content (AvgIpc) is 3.18. The molecule has 0 radical (unpaired) electrons. The van der Waals surface area contributed by atoms with E-state index in [2.05, 4.69) is 35.6 Å². The first-order valence-electron chi connectivity index (χ1n) is 7.18. The third kappa shape index (κ3) is 2.55. The Bertz CT molecular complexity index is 345. The molecule has 92 valence electrons. The highest BCUT2D eigenvalue weighted by atomic mass is 15.0. The van der Waals surface area contributed by atoms with E-state index in [9.17, 15) is 0 Å². The third-order valence-corrected chi connectivity index (χ3v) is 4.50. The third-order valence-electron chi connectivity index (χ3n) is 4.50. The molecule has 0 aromatic heterocycles. The van der Waals surface area contributed by atoms with Crippen molar-refractivity contribution in [1.29, 1.82) is 0 Å². The van der Waals surface area contributed by atoms with Gasteiger partial charge in [-0.15, -0.1) is 0 Å². The zero-order valence-corrected chi connectivity index (χ0v) is 10.6. The minimum Gasteiger partial charge on any atom is -0.311 e. The van der Waals surface area contributed by atoms with Crippen LogP contribution in [0.3, 0.4) is 0 Å². The van der Waals surface area contributed by atoms with Crippen molar-refractivity contribution in [3.8, 4) is 0 Å². The van der Waals surface area contributed by atoms with Gasteiger partial charge in [0.1, 0.15) is 0 Å². The normalized spacial score (nSPS) is 29.9. The summed E-state index contributed by atoms with van der Waals surface area (Å²) in [4.78, 5) is 0. The van der Waals surface area contributed by atoms with E-state index in [1.165, 1.54) is 57.1 Å². The highest BCUT2D eigenvalue weighted by Gasteiger charge is 2.44. The number of rotatable bonds is 3. The summed E-state index contributed by atoms with van der Waals surface area (Å²) in [7, 11) is 0. The van der Waals surface area contributed by atoms with Gasteiger partial charge in [-0.25, -0.2) is 0 Å². The fourth-order valence-electron chi connectivity index (χ4n) is 3.41. The van der Waals surface area contributed by atoms with E-state index in [1.807, 2.05) is 0 Å². The van der Waals surface area contributed by atoms with Gasteiger partial charge in [0, 0.05) is 5.54 Å². The van der Waals surface area contributed by atoms with Gasteiger partial charge in [-0.1, -0.05) is 43.2 Å². The zero-order chi connectivity index (χ0) is 11.6. The Morgan fingerprint density at radius 2 is 1.88 bits per heavy atom. The lowest BCUT2D eigenvalue weighted by atomic mass is 9.82. The number of nitrogens with one attached hydrogen (secondary N) is 1. The van der Waals surface area contributed by atoms with Crippen LogP contribution in [0, 0.1) is 5.92 Å². The average molecular weight is 229 g/mol. The quantitative estimate of drug-likeness (QED) is 0.836. The molecule has 1 atom stereocenters. The van der Waals surface area contributed by atoms with Gasteiger partial charge in [-0.05, 0) is 50.1 Å². The predicted molar refractivity (Wildman–Crippen MR) is 72.1 cm³/mol. The van der Waals surface area contributed by atoms with Gasteiger partial charge in [0.2, 0.25) is 0 Å². The van der Waals surface area contributed by atoms with Crippen LogP contribution in [0.2, 0.25) is 0 Å². The molecule has 2 fully saturated rings. The molecule has 1 unspecified atom stereocenters. The van der Waals surface area contributed by atoms with E-state index >= 15 is 0 Å². The van der Waals surface area contributed by atoms with Crippen molar-refractivity contribution in [3.05, 3.63) is 35.9 Å². The Labute approximate surface area is 105 Å². The monoisotopic (exact) mass is 229 g/mol. The second-order valence-corrected chi connectivity index (χ2v) is 5.83. The highest BCUT2D eigenvalue weighted by Crippen LogP contribution is 2.45. The Hall–Kier alpha value is -0.820. The molecular formula is C16H23N. The summed E-state index contributed by atoms with van der Waals surface area (Å²) in [6.07, 6.45) is 9.70. The van der Waals surface area contributed by atoms with Crippen LogP contribution in [0.15, 0.2) is 30.3 Å². The van der Waals surface area contributed by atoms with Gasteiger partial charge in [-0.3, -0.25) is 0 Å². The number of hydrogen-bond acceptors (Lipinski definition) is 1. The molecule has 1 heteroatoms. The molecule has 1 aromatic carbocycles. The maximum atomic E-state index is 3.91. The molecule has 0 amide bonds. The predicted octanol–water partition coefficient (Wildman–Crippen LogP) is 3.54. The van der Waals surface area contributed by atoms with Gasteiger partial charge in [-0.2, -0.15) is 0 Å². The second kappa shape index (κ2) is 4.81. The topological polar surface area (TPSA) is 12.0 Å². The lowest BCUT2D eigenvalue weighted by Crippen LogP contribution is -2.48. The van der Waals surface area contributed by atoms with Crippen molar-refractivity contribution in [2.24, 2.45) is 5.92 Å². The summed E-state index contributed by atoms with van der Waals surface area (Å²) in [6.45, 7) is 1.23. The fourth-order valence-corrected chi connectivity index (χ4v) is 3.41. The van der Waals surface area contributed by atoms with Crippen LogP contribution >= 0.6 is 0 Å². The molecule has 1 nitrogen and oxygen atoms in total. The molecule has 1 saturated heterocycles. The van der Waals surface area contributed by atoms with E-state index in [0.29, 0.717) is 5.54 Å². The van der Waals surface area contributed by atoms with Gasteiger partial charge in [0.25, 0.3) is 0 Å². The Kier molecular flexibility index (Phi) is 3.19. The van der Waals surface area contributed by atoms with Crippen molar-refractivity contribution in [1.82, 2.24) is 5.32 Å². The van der Waals surface area contributed by atoms with Crippen molar-refractivity contribution in [2.45, 2.75) is 50.5 Å². The second-order valence-electron chi connectivity index (χ2n) is 5.83. The maximum absolute atomic E-state index is 3.91. The van der Waals surface area contributed by atoms with Crippen molar-refractivity contribution in [2.75, 3.05) is 6.54 Å². The lowest BCUT2D eigenvalue weighted by molar-refractivity contribution is 0.271. The number of hydrogen-bond donors (Lipinski definition) is 1. The molecule has 1 saturated carbocycles. The Morgan fingerprint density at radius 3 is 2.65 bits per heavy atom. The van der Waals surface area contributed by atoms with Crippen molar-refractivity contribution < 1.29 is 0 Å². The van der Waals surface area contributed by atoms with Gasteiger partial charge >= 0.3 is 0 Å². The lowest BCUT2D eigenvalue weighted by Gasteiger charge is -2.34. The summed E-state index contributed by atoms with van der Waals surface area (Å²) in [5.74, 6) is 0.945. The van der Waals surface area contributed by atoms with E-state index in [4.69, 9.17) is 0 Å². The van der Waals surface area contributed by atoms with E-state index in [-0.39, 0.29) is 0 Å². The van der Waals surface area contributed by atoms with Crippen molar-refractivity contribution in [3.63, 3.8) is 0 Å². The van der Waals surface area contributed by atoms with Crippen LogP contribution in [0.1, 0.15) is 44.1 Å². The standard InChI is InChI=1S/C16H23N/c1-3-7-14(8-4-1)13-16(15-9-10-15)11-5-2-6-12-17-16/h1,3-4,7-8,15,17H,2,5-6,9-13H2. The summed E-state index contributed by atoms with van der Waals surface area (Å²) in [5, 5.41) is 3.91. The molecule has 1 aromatic rings. The largest absolute Gasteiger partial charge is 0.311 e. The molecule has 2 aliphatic rings. The molecule has 17 heavy (non-hydrogen) atoms. The van der Waals surface area contributed by atoms with Crippen LogP contribution in [0.5, 0.6) is 0 Å². The fraction of sp³-hybridized carbons (Fsp3) is 0.625. The van der Waals surface area contributed by atoms with Crippen LogP contribution < -0.4 is 5.32 Å². The van der Waals surface area contributed by atoms with Crippen LogP contribution in [-0.2, 0) is 6.42 Å². The Balaban J connectivity index is 1.79. The highest BCUT2D eigenvalue weighted by molar-refractivity contribution is 5.20. The zero-order valence-electron chi connectivity index (χ0n) is 10.6. The molecule has 0 spiro atoms. The first-order chi connectivity index (χ1) is 8.39. The first-order valence-corrected chi connectivity index (χ1v) is 7.18. The van der Waals surface area contributed by atoms with Gasteiger partial charge < -0.3 is 5.32 Å². The first kappa shape index (κ1) is 11.3. The van der Waals surface area contributed by atoms with Gasteiger partial charge in [0.15, 0.2) is 0 Å². The summed E-state index contributed by atoms with van der Waals surface area (Å²) in [6, 6.07) is 11.0. The minimum atomic E-state index is 0.428. The van der Waals surface area contributed by atoms with Crippen molar-refractivity contribution >= 4 is 0 Å². The molecule has 0 bridgehead atoms. The van der Waals surface area contributed by atoms with Crippen LogP contribution in [0.4, 0.5) is 0 Å². The van der Waals surface area contributed by atoms with Crippen LogP contribution in [0.25, 0.3) is 0 Å². The summed E-state index contributed by atoms with van der Waals surface area (Å²) < 4.78 is 0. The van der Waals surface area contributed by atoms with Gasteiger partial charge in [0.05, 0.1) is 0 Å². The van der Waals surface area contributed by atoms with E-state index in [0.717, 1.165) is 5.92 Å². The minimum absolute atomic E-state index is 0.428. The molecule has 3 rings (SSSR count). The smallest absolute Gasteiger partial charge is 0.0249 e. The molecule has 1 heterocycles. The number of benzene rings is 1. The van der Waals surface area contributed by atoms with Crippen LogP contribution in [-0.4, -0.2) is 12.1 Å². The molecule has 1 aliphatic carbocycles. The molecule has 1 N–H and O–H groups in total. The summed E-state index contributed by atoms with van der Waals surface area (Å²) in [5.41, 5.74) is 1.94. The SMILES string of the molecule is c1ccc(CC2(C3CC3)CCCCCN2)cc1. The molecule has 1 aliphatic heterocycles. The maximum Gasteiger partial charge on any atom is 0.0249 e. The van der Waals surface area contributed by atoms with E-state index in [1.54, 1.807) is 0 Å². The molecular weight excluding hydrogens is 206 g/mol. The van der Waals surface area contributed by atoms with E-state index < -0.39 is 0 Å². The Morgan fingerprint density at radius 1 is 1.06 bits per heavy atom.